The first-order chi connectivity index (χ1) is 14.9. The molecule has 31 heavy (non-hydrogen) atoms. The number of fused-ring (bicyclic) bond motifs is 1. The predicted molar refractivity (Wildman–Crippen MR) is 117 cm³/mol. The second-order valence-corrected chi connectivity index (χ2v) is 8.62. The average Bonchev–Trinajstić information content (AvgIpc) is 3.14. The molecule has 4 aromatic rings. The van der Waals surface area contributed by atoms with Crippen molar-refractivity contribution in [3.63, 3.8) is 0 Å². The summed E-state index contributed by atoms with van der Waals surface area (Å²) in [5.41, 5.74) is 2.17. The van der Waals surface area contributed by atoms with Gasteiger partial charge in [-0.15, -0.1) is 0 Å². The van der Waals surface area contributed by atoms with Crippen LogP contribution in [0.1, 0.15) is 5.56 Å². The summed E-state index contributed by atoms with van der Waals surface area (Å²) in [7, 11) is -2.10. The maximum Gasteiger partial charge on any atom is 0.269 e. The number of pyridine rings is 1. The molecule has 2 heterocycles. The minimum absolute atomic E-state index is 0.0713. The van der Waals surface area contributed by atoms with Gasteiger partial charge in [0.2, 0.25) is 0 Å². The van der Waals surface area contributed by atoms with Crippen LogP contribution < -0.4 is 10.6 Å². The molecule has 0 spiro atoms. The van der Waals surface area contributed by atoms with E-state index in [2.05, 4.69) is 20.5 Å². The molecule has 0 saturated heterocycles. The van der Waals surface area contributed by atoms with Crippen LogP contribution in [-0.2, 0) is 16.6 Å². The van der Waals surface area contributed by atoms with Gasteiger partial charge in [-0.25, -0.2) is 21.6 Å². The average molecular weight is 435 g/mol. The summed E-state index contributed by atoms with van der Waals surface area (Å²) in [5.74, 6) is -0.567. The molecule has 4 rings (SSSR count). The van der Waals surface area contributed by atoms with Gasteiger partial charge in [0.25, 0.3) is 10.0 Å². The summed E-state index contributed by atoms with van der Waals surface area (Å²) in [6.45, 7) is 7.46. The van der Waals surface area contributed by atoms with Gasteiger partial charge >= 0.3 is 0 Å². The summed E-state index contributed by atoms with van der Waals surface area (Å²) in [6, 6.07) is 12.4. The third-order valence-corrected chi connectivity index (χ3v) is 6.43. The van der Waals surface area contributed by atoms with Crippen LogP contribution in [0, 0.1) is 12.4 Å². The number of nitrogens with zero attached hydrogens (tertiary/aromatic N) is 3. The summed E-state index contributed by atoms with van der Waals surface area (Å²) >= 11 is 0. The Morgan fingerprint density at radius 3 is 2.71 bits per heavy atom. The second-order valence-electron chi connectivity index (χ2n) is 6.81. The van der Waals surface area contributed by atoms with Crippen molar-refractivity contribution in [1.82, 2.24) is 14.3 Å². The van der Waals surface area contributed by atoms with E-state index in [1.54, 1.807) is 37.5 Å². The number of halogens is 1. The fourth-order valence-electron chi connectivity index (χ4n) is 3.32. The van der Waals surface area contributed by atoms with Gasteiger partial charge in [-0.05, 0) is 49.0 Å². The number of hydrogen-bond acceptors (Lipinski definition) is 5. The molecule has 0 unspecified atom stereocenters. The zero-order valence-corrected chi connectivity index (χ0v) is 17.3. The molecule has 0 radical (unpaired) electrons. The minimum Gasteiger partial charge on any atom is -0.353 e. The SMILES string of the molecule is [C-]#[N+]c1ccc(Nc2ccc3c(CNC)cn(S(=O)(=O)c4cccnc4)c3c2)c(F)c1. The van der Waals surface area contributed by atoms with E-state index >= 15 is 0 Å². The van der Waals surface area contributed by atoms with Crippen molar-refractivity contribution in [2.45, 2.75) is 11.4 Å². The highest BCUT2D eigenvalue weighted by molar-refractivity contribution is 7.90. The topological polar surface area (TPSA) is 80.4 Å². The molecule has 0 fully saturated rings. The van der Waals surface area contributed by atoms with E-state index in [1.807, 2.05) is 0 Å². The van der Waals surface area contributed by atoms with Crippen LogP contribution in [0.25, 0.3) is 15.7 Å². The van der Waals surface area contributed by atoms with Crippen LogP contribution in [-0.4, -0.2) is 24.4 Å². The highest BCUT2D eigenvalue weighted by Crippen LogP contribution is 2.31. The van der Waals surface area contributed by atoms with E-state index < -0.39 is 15.8 Å². The Bertz CT molecular complexity index is 1410. The first-order valence-corrected chi connectivity index (χ1v) is 10.8. The lowest BCUT2D eigenvalue weighted by Gasteiger charge is -2.10. The largest absolute Gasteiger partial charge is 0.353 e. The second kappa shape index (κ2) is 8.18. The van der Waals surface area contributed by atoms with E-state index in [0.29, 0.717) is 17.7 Å². The third kappa shape index (κ3) is 3.86. The van der Waals surface area contributed by atoms with Gasteiger partial charge in [-0.1, -0.05) is 12.1 Å². The maximum absolute atomic E-state index is 14.3. The molecular formula is C22H18FN5O2S. The molecule has 156 valence electrons. The molecule has 2 aromatic carbocycles. The predicted octanol–water partition coefficient (Wildman–Crippen LogP) is 4.43. The van der Waals surface area contributed by atoms with E-state index in [0.717, 1.165) is 17.0 Å². The fraction of sp³-hybridized carbons (Fsp3) is 0.0909. The van der Waals surface area contributed by atoms with E-state index in [-0.39, 0.29) is 16.3 Å². The molecule has 2 N–H and O–H groups in total. The molecular weight excluding hydrogens is 417 g/mol. The standard InChI is InChI=1S/C22H18FN5O2S/c1-24-12-15-14-28(31(29,30)18-4-3-9-26-13-18)22-11-17(5-7-19(15)22)27-21-8-6-16(25-2)10-20(21)23/h3-11,13-14,24,27H,12H2,1H3. The molecule has 0 aliphatic carbocycles. The molecule has 0 atom stereocenters. The van der Waals surface area contributed by atoms with Gasteiger partial charge < -0.3 is 10.6 Å². The summed E-state index contributed by atoms with van der Waals surface area (Å²) in [5, 5.41) is 6.77. The normalized spacial score (nSPS) is 11.4. The minimum atomic E-state index is -3.88. The van der Waals surface area contributed by atoms with Crippen LogP contribution in [0.5, 0.6) is 0 Å². The van der Waals surface area contributed by atoms with Crippen molar-refractivity contribution >= 4 is 38.0 Å². The van der Waals surface area contributed by atoms with Crippen LogP contribution in [0.4, 0.5) is 21.5 Å². The smallest absolute Gasteiger partial charge is 0.269 e. The van der Waals surface area contributed by atoms with Crippen molar-refractivity contribution in [3.8, 4) is 0 Å². The zero-order valence-electron chi connectivity index (χ0n) is 16.5. The first kappa shape index (κ1) is 20.5. The summed E-state index contributed by atoms with van der Waals surface area (Å²) < 4.78 is 42.0. The quantitative estimate of drug-likeness (QED) is 0.438. The number of aromatic nitrogens is 2. The van der Waals surface area contributed by atoms with E-state index in [4.69, 9.17) is 6.57 Å². The maximum atomic E-state index is 14.3. The van der Waals surface area contributed by atoms with Gasteiger partial charge in [0.15, 0.2) is 5.69 Å². The summed E-state index contributed by atoms with van der Waals surface area (Å²) in [4.78, 5) is 7.20. The number of rotatable bonds is 6. The van der Waals surface area contributed by atoms with Crippen molar-refractivity contribution < 1.29 is 12.8 Å². The highest BCUT2D eigenvalue weighted by Gasteiger charge is 2.21. The first-order valence-electron chi connectivity index (χ1n) is 9.32. The lowest BCUT2D eigenvalue weighted by atomic mass is 10.1. The number of hydrogen-bond donors (Lipinski definition) is 2. The molecule has 2 aromatic heterocycles. The molecule has 7 nitrogen and oxygen atoms in total. The highest BCUT2D eigenvalue weighted by atomic mass is 32.2. The van der Waals surface area contributed by atoms with Gasteiger partial charge in [-0.3, -0.25) is 4.98 Å². The molecule has 0 saturated carbocycles. The lowest BCUT2D eigenvalue weighted by molar-refractivity contribution is 0.588. The van der Waals surface area contributed by atoms with Gasteiger partial charge in [0.05, 0.1) is 17.8 Å². The van der Waals surface area contributed by atoms with Crippen molar-refractivity contribution in [1.29, 1.82) is 0 Å². The Hall–Kier alpha value is -3.74. The molecule has 9 heteroatoms. The molecule has 0 bridgehead atoms. The Balaban J connectivity index is 1.83. The van der Waals surface area contributed by atoms with Crippen molar-refractivity contribution in [3.05, 3.63) is 89.9 Å². The Labute approximate surface area is 179 Å². The van der Waals surface area contributed by atoms with Gasteiger partial charge in [0.1, 0.15) is 10.7 Å². The Morgan fingerprint density at radius 2 is 2.03 bits per heavy atom. The molecule has 0 aliphatic heterocycles. The van der Waals surface area contributed by atoms with Crippen LogP contribution in [0.2, 0.25) is 0 Å². The number of anilines is 2. The molecule has 0 aliphatic rings. The Morgan fingerprint density at radius 1 is 1.19 bits per heavy atom. The van der Waals surface area contributed by atoms with Gasteiger partial charge in [-0.2, -0.15) is 0 Å². The van der Waals surface area contributed by atoms with E-state index in [1.165, 1.54) is 34.6 Å². The Kier molecular flexibility index (Phi) is 5.42. The summed E-state index contributed by atoms with van der Waals surface area (Å²) in [6.07, 6.45) is 4.39. The van der Waals surface area contributed by atoms with Crippen molar-refractivity contribution in [2.75, 3.05) is 12.4 Å². The van der Waals surface area contributed by atoms with Crippen LogP contribution in [0.3, 0.4) is 0 Å². The fourth-order valence-corrected chi connectivity index (χ4v) is 4.67. The number of nitrogens with one attached hydrogen (secondary N) is 2. The lowest BCUT2D eigenvalue weighted by Crippen LogP contribution is -2.12. The third-order valence-electron chi connectivity index (χ3n) is 4.77. The van der Waals surface area contributed by atoms with Crippen LogP contribution >= 0.6 is 0 Å². The zero-order chi connectivity index (χ0) is 22.0. The monoisotopic (exact) mass is 435 g/mol. The van der Waals surface area contributed by atoms with Crippen LogP contribution in [0.15, 0.2) is 72.0 Å². The van der Waals surface area contributed by atoms with Gasteiger partial charge in [0, 0.05) is 36.2 Å². The number of benzene rings is 2. The van der Waals surface area contributed by atoms with E-state index in [9.17, 15) is 12.8 Å². The van der Waals surface area contributed by atoms with Crippen molar-refractivity contribution in [2.24, 2.45) is 0 Å². The molecule has 0 amide bonds.